The average molecular weight is 990 g/mol. The van der Waals surface area contributed by atoms with Crippen molar-refractivity contribution in [3.63, 3.8) is 0 Å². The Hall–Kier alpha value is -4.30. The maximum Gasteiger partial charge on any atom is 1.00 e. The summed E-state index contributed by atoms with van der Waals surface area (Å²) in [7, 11) is -2.11. The Labute approximate surface area is 361 Å². The normalized spacial score (nSPS) is 14.1. The van der Waals surface area contributed by atoms with Gasteiger partial charge in [-0.3, -0.25) is 61.4 Å². The third-order valence-electron chi connectivity index (χ3n) is 9.00. The van der Waals surface area contributed by atoms with E-state index >= 15 is 0 Å². The molecule has 0 spiro atoms. The zero-order chi connectivity index (χ0) is 38.0. The van der Waals surface area contributed by atoms with Crippen LogP contribution in [0.1, 0.15) is 0 Å². The summed E-state index contributed by atoms with van der Waals surface area (Å²) < 4.78 is 0. The number of rotatable bonds is 12. The Morgan fingerprint density at radius 3 is 0.772 bits per heavy atom. The predicted molar refractivity (Wildman–Crippen MR) is 254 cm³/mol. The third kappa shape index (κ3) is 12.3. The molecule has 6 aromatic rings. The van der Waals surface area contributed by atoms with Crippen molar-refractivity contribution in [2.75, 3.05) is 0 Å². The molecule has 0 amide bonds. The molecular weight excluding hydrogens is 945 g/mol. The van der Waals surface area contributed by atoms with Crippen LogP contribution < -0.4 is 31.8 Å². The number of benzene rings is 6. The number of hydrogen-bond acceptors (Lipinski definition) is 0. The minimum absolute atomic E-state index is 0. The van der Waals surface area contributed by atoms with E-state index in [0.29, 0.717) is 0 Å². The minimum atomic E-state index is -0.528. The van der Waals surface area contributed by atoms with Crippen molar-refractivity contribution < 1.29 is 22.4 Å². The van der Waals surface area contributed by atoms with Gasteiger partial charge in [0.15, 0.2) is 0 Å². The fourth-order valence-corrected chi connectivity index (χ4v) is 14.9. The summed E-state index contributed by atoms with van der Waals surface area (Å²) in [6, 6.07) is 65.1. The summed E-state index contributed by atoms with van der Waals surface area (Å²) in [4.78, 5) is 0. The molecule has 0 bridgehead atoms. The maximum atomic E-state index is 2.45. The molecule has 0 saturated carbocycles. The van der Waals surface area contributed by atoms with Crippen LogP contribution >= 0.6 is 31.7 Å². The Morgan fingerprint density at radius 2 is 0.526 bits per heavy atom. The fourth-order valence-electron chi connectivity index (χ4n) is 6.26. The first-order chi connectivity index (χ1) is 27.8. The quantitative estimate of drug-likeness (QED) is 0.0651. The maximum absolute atomic E-state index is 2.45. The van der Waals surface area contributed by atoms with Crippen molar-refractivity contribution in [1.29, 1.82) is 0 Å². The molecule has 6 aromatic carbocycles. The van der Waals surface area contributed by atoms with E-state index in [4.69, 9.17) is 0 Å². The van der Waals surface area contributed by atoms with Gasteiger partial charge in [0.25, 0.3) is 0 Å². The van der Waals surface area contributed by atoms with Crippen molar-refractivity contribution in [3.8, 4) is 0 Å². The molecule has 0 heterocycles. The van der Waals surface area contributed by atoms with Gasteiger partial charge in [-0.15, -0.1) is 15.8 Å². The van der Waals surface area contributed by atoms with Gasteiger partial charge in [-0.25, -0.2) is 11.3 Å². The van der Waals surface area contributed by atoms with E-state index in [1.807, 2.05) is 0 Å². The smallest absolute Gasteiger partial charge is 0.281 e. The topological polar surface area (TPSA) is 0 Å². The monoisotopic (exact) mass is 989 g/mol. The molecule has 0 radical (unpaired) electrons. The molecule has 8 rings (SSSR count). The van der Waals surface area contributed by atoms with E-state index in [2.05, 4.69) is 267 Å². The first-order valence-electron chi connectivity index (χ1n) is 18.8. The summed E-state index contributed by atoms with van der Waals surface area (Å²) in [5, 5.41) is 8.31. The van der Waals surface area contributed by atoms with E-state index < -0.39 is 31.7 Å². The fraction of sp³-hybridized carbons (Fsp3) is 0. The first-order valence-corrected chi connectivity index (χ1v) is 24.4. The van der Waals surface area contributed by atoms with Gasteiger partial charge >= 0.3 is 22.4 Å². The molecule has 0 aliphatic heterocycles. The summed E-state index contributed by atoms with van der Waals surface area (Å²) in [5.74, 6) is 9.80. The summed E-state index contributed by atoms with van der Waals surface area (Å²) in [5.41, 5.74) is 2.77. The van der Waals surface area contributed by atoms with E-state index in [-0.39, 0.29) is 22.4 Å². The van der Waals surface area contributed by atoms with E-state index in [9.17, 15) is 0 Å². The molecule has 5 heteroatoms. The van der Waals surface area contributed by atoms with Crippen molar-refractivity contribution >= 4 is 63.5 Å². The SMILES string of the molecule is C1=C[C-](P(/C=C\P(c2ccccc2)c2ccccc2)c2ccccc2)C=C[CH-]1.C1=C[C-](P(/C=C\P(c2ccccc2)c2ccccc2)c2ccccc2)C=C[CH-]1.[Au+]. The molecule has 0 saturated heterocycles. The van der Waals surface area contributed by atoms with Crippen molar-refractivity contribution in [1.82, 2.24) is 0 Å². The average Bonchev–Trinajstić information content (AvgIpc) is 3.29. The molecule has 0 N–H and O–H groups in total. The van der Waals surface area contributed by atoms with Crippen LogP contribution in [0, 0.1) is 24.2 Å². The van der Waals surface area contributed by atoms with Gasteiger partial charge in [0.2, 0.25) is 0 Å². The zero-order valence-corrected chi connectivity index (χ0v) is 37.2. The summed E-state index contributed by atoms with van der Waals surface area (Å²) in [6.45, 7) is 0. The van der Waals surface area contributed by atoms with E-state index in [0.717, 1.165) is 0 Å². The first kappa shape index (κ1) is 42.3. The summed E-state index contributed by atoms with van der Waals surface area (Å²) >= 11 is 0. The van der Waals surface area contributed by atoms with Crippen molar-refractivity contribution in [2.45, 2.75) is 0 Å². The van der Waals surface area contributed by atoms with Crippen LogP contribution in [0.3, 0.4) is 0 Å². The molecule has 2 aliphatic carbocycles. The third-order valence-corrected chi connectivity index (χ3v) is 18.1. The standard InChI is InChI=1S/2C26H22P2.Au/c2*1-5-13-23(14-6-1)27(24-15-7-2-8-16-24)21-22-28(25-17-9-3-10-18-25)26-19-11-4-12-20-26;/h2*1-22H;/q2*-2;+1/b2*22-21-;. The second-order valence-corrected chi connectivity index (χ2v) is 21.0. The Morgan fingerprint density at radius 1 is 0.298 bits per heavy atom. The molecule has 2 aliphatic rings. The van der Waals surface area contributed by atoms with Crippen LogP contribution in [0.15, 0.2) is 254 Å². The van der Waals surface area contributed by atoms with Gasteiger partial charge < -0.3 is 0 Å². The molecule has 0 nitrogen and oxygen atoms in total. The van der Waals surface area contributed by atoms with Gasteiger partial charge in [0.05, 0.1) is 0 Å². The van der Waals surface area contributed by atoms with E-state index in [1.165, 1.54) is 43.1 Å². The van der Waals surface area contributed by atoms with Gasteiger partial charge in [-0.2, -0.15) is 0 Å². The number of hydrogen-bond donors (Lipinski definition) is 0. The van der Waals surface area contributed by atoms with Crippen LogP contribution in [-0.4, -0.2) is 0 Å². The summed E-state index contributed by atoms with van der Waals surface area (Å²) in [6.07, 6.45) is 21.7. The minimum Gasteiger partial charge on any atom is -0.281 e. The van der Waals surface area contributed by atoms with Crippen molar-refractivity contribution in [2.24, 2.45) is 0 Å². The number of allylic oxidation sites excluding steroid dienone is 8. The molecule has 0 aromatic heterocycles. The Bertz CT molecular complexity index is 1950. The molecule has 57 heavy (non-hydrogen) atoms. The predicted octanol–water partition coefficient (Wildman–Crippen LogP) is 12.5. The molecule has 2 atom stereocenters. The second kappa shape index (κ2) is 23.2. The Kier molecular flexibility index (Phi) is 17.2. The Balaban J connectivity index is 0.000000189. The zero-order valence-electron chi connectivity index (χ0n) is 31.5. The van der Waals surface area contributed by atoms with Crippen LogP contribution in [0.5, 0.6) is 0 Å². The van der Waals surface area contributed by atoms with Crippen LogP contribution in [0.25, 0.3) is 0 Å². The molecule has 286 valence electrons. The van der Waals surface area contributed by atoms with Crippen LogP contribution in [0.2, 0.25) is 0 Å². The van der Waals surface area contributed by atoms with Gasteiger partial charge in [-0.1, -0.05) is 205 Å². The van der Waals surface area contributed by atoms with Gasteiger partial charge in [0.1, 0.15) is 0 Å². The van der Waals surface area contributed by atoms with Crippen molar-refractivity contribution in [3.05, 3.63) is 278 Å². The molecule has 0 fully saturated rings. The largest absolute Gasteiger partial charge is 1.00 e. The second-order valence-electron chi connectivity index (χ2n) is 12.8. The van der Waals surface area contributed by atoms with Crippen LogP contribution in [0.4, 0.5) is 0 Å². The molecular formula is C52H44AuP4-3. The molecule has 2 unspecified atom stereocenters. The van der Waals surface area contributed by atoms with Gasteiger partial charge in [0, 0.05) is 0 Å². The van der Waals surface area contributed by atoms with E-state index in [1.54, 1.807) is 0 Å². The van der Waals surface area contributed by atoms with Crippen LogP contribution in [-0.2, 0) is 22.4 Å². The van der Waals surface area contributed by atoms with Gasteiger partial charge in [-0.05, 0) is 47.7 Å².